The Kier molecular flexibility index (Phi) is 22.1. The van der Waals surface area contributed by atoms with Crippen molar-refractivity contribution in [2.24, 2.45) is 11.5 Å². The van der Waals surface area contributed by atoms with Crippen LogP contribution >= 0.6 is 0 Å². The van der Waals surface area contributed by atoms with Gasteiger partial charge >= 0.3 is 7.12 Å². The second-order valence-corrected chi connectivity index (χ2v) is 14.5. The molecule has 0 saturated carbocycles. The summed E-state index contributed by atoms with van der Waals surface area (Å²) in [6.45, 7) is 3.68. The molecule has 0 saturated heterocycles. The highest BCUT2D eigenvalue weighted by atomic mass is 16.4. The first-order valence-corrected chi connectivity index (χ1v) is 20.1. The lowest BCUT2D eigenvalue weighted by atomic mass is 9.92. The SMILES string of the molecule is CCCCc1ccc(-c2ccc(C(=O)N[C@H](CO)C(=O)N[C@H](C)C(=O)NCC(=O)N(C)C(CCCCN)C(=O)N[C@@H](C)C(=O)NC(CC(N)=O)C(=O)NCB(O)O)cc2)cc1. The first-order chi connectivity index (χ1) is 28.9. The maximum Gasteiger partial charge on any atom is 0.472 e. The highest BCUT2D eigenvalue weighted by Crippen LogP contribution is 2.21. The fourth-order valence-corrected chi connectivity index (χ4v) is 5.87. The van der Waals surface area contributed by atoms with Gasteiger partial charge in [-0.15, -0.1) is 0 Å². The number of nitrogens with one attached hydrogen (secondary N) is 6. The summed E-state index contributed by atoms with van der Waals surface area (Å²) in [7, 11) is -0.584. The minimum absolute atomic E-state index is 0.113. The number of likely N-dealkylation sites (N-methyl/N-ethyl adjacent to an activating group) is 1. The number of nitrogens with zero attached hydrogens (tertiary/aromatic N) is 1. The summed E-state index contributed by atoms with van der Waals surface area (Å²) in [5.74, 6) is -6.52. The molecule has 334 valence electrons. The molecule has 2 aromatic rings. The van der Waals surface area contributed by atoms with Crippen LogP contribution in [0.2, 0.25) is 0 Å². The number of primary amides is 1. The van der Waals surface area contributed by atoms with Crippen molar-refractivity contribution in [3.63, 3.8) is 0 Å². The third-order valence-electron chi connectivity index (χ3n) is 9.57. The van der Waals surface area contributed by atoms with Crippen molar-refractivity contribution in [3.05, 3.63) is 59.7 Å². The zero-order valence-corrected chi connectivity index (χ0v) is 35.1. The Labute approximate surface area is 355 Å². The highest BCUT2D eigenvalue weighted by Gasteiger charge is 2.32. The van der Waals surface area contributed by atoms with Gasteiger partial charge in [0.2, 0.25) is 41.4 Å². The zero-order valence-electron chi connectivity index (χ0n) is 35.1. The van der Waals surface area contributed by atoms with Gasteiger partial charge in [-0.05, 0) is 81.3 Å². The Hall–Kier alpha value is -5.90. The summed E-state index contributed by atoms with van der Waals surface area (Å²) in [6, 6.07) is 8.34. The molecule has 0 aliphatic carbocycles. The van der Waals surface area contributed by atoms with Gasteiger partial charge in [-0.2, -0.15) is 0 Å². The number of hydrogen-bond donors (Lipinski definition) is 11. The van der Waals surface area contributed by atoms with Gasteiger partial charge in [0.05, 0.1) is 26.0 Å². The van der Waals surface area contributed by atoms with Crippen LogP contribution in [0.15, 0.2) is 48.5 Å². The average molecular weight is 854 g/mol. The molecule has 0 fully saturated rings. The van der Waals surface area contributed by atoms with E-state index in [9.17, 15) is 43.5 Å². The van der Waals surface area contributed by atoms with Crippen molar-refractivity contribution in [1.82, 2.24) is 36.8 Å². The lowest BCUT2D eigenvalue weighted by molar-refractivity contribution is -0.140. The highest BCUT2D eigenvalue weighted by molar-refractivity contribution is 6.41. The van der Waals surface area contributed by atoms with E-state index < -0.39 is 111 Å². The maximum atomic E-state index is 13.4. The number of aryl methyl sites for hydroxylation is 1. The van der Waals surface area contributed by atoms with Crippen LogP contribution in [0.3, 0.4) is 0 Å². The minimum atomic E-state index is -1.90. The zero-order chi connectivity index (χ0) is 45.6. The Morgan fingerprint density at radius 2 is 1.31 bits per heavy atom. The largest absolute Gasteiger partial charge is 0.472 e. The van der Waals surface area contributed by atoms with Gasteiger partial charge in [0.15, 0.2) is 0 Å². The average Bonchev–Trinajstić information content (AvgIpc) is 3.23. The summed E-state index contributed by atoms with van der Waals surface area (Å²) >= 11 is 0. The monoisotopic (exact) mass is 853 g/mol. The van der Waals surface area contributed by atoms with Crippen LogP contribution in [-0.4, -0.2) is 138 Å². The number of hydrogen-bond acceptors (Lipinski definition) is 12. The second kappa shape index (κ2) is 26.3. The van der Waals surface area contributed by atoms with Crippen LogP contribution in [0.1, 0.15) is 75.2 Å². The van der Waals surface area contributed by atoms with E-state index in [1.54, 1.807) is 24.3 Å². The van der Waals surface area contributed by atoms with E-state index in [2.05, 4.69) is 51.0 Å². The smallest absolute Gasteiger partial charge is 0.426 e. The molecule has 2 unspecified atom stereocenters. The van der Waals surface area contributed by atoms with Crippen molar-refractivity contribution in [2.45, 2.75) is 95.9 Å². The van der Waals surface area contributed by atoms with Crippen molar-refractivity contribution >= 4 is 54.4 Å². The maximum absolute atomic E-state index is 13.4. The van der Waals surface area contributed by atoms with Gasteiger partial charge in [-0.25, -0.2) is 0 Å². The third-order valence-corrected chi connectivity index (χ3v) is 9.57. The summed E-state index contributed by atoms with van der Waals surface area (Å²) in [6.07, 6.45) is 3.01. The lowest BCUT2D eigenvalue weighted by Gasteiger charge is -2.29. The number of amides is 8. The third kappa shape index (κ3) is 17.7. The van der Waals surface area contributed by atoms with Gasteiger partial charge in [0.1, 0.15) is 30.2 Å². The van der Waals surface area contributed by atoms with E-state index in [0.29, 0.717) is 19.4 Å². The molecular formula is C40H60BN9O11. The van der Waals surface area contributed by atoms with Crippen molar-refractivity contribution in [2.75, 3.05) is 33.2 Å². The molecule has 13 N–H and O–H groups in total. The van der Waals surface area contributed by atoms with Crippen LogP contribution in [0.5, 0.6) is 0 Å². The van der Waals surface area contributed by atoms with Gasteiger partial charge < -0.3 is 63.4 Å². The molecule has 0 radical (unpaired) electrons. The van der Waals surface area contributed by atoms with Crippen molar-refractivity contribution in [1.29, 1.82) is 0 Å². The van der Waals surface area contributed by atoms with Crippen LogP contribution in [-0.2, 0) is 40.0 Å². The van der Waals surface area contributed by atoms with Gasteiger partial charge in [0.25, 0.3) is 5.91 Å². The molecular weight excluding hydrogens is 793 g/mol. The van der Waals surface area contributed by atoms with E-state index >= 15 is 0 Å². The molecule has 0 spiro atoms. The molecule has 0 aliphatic rings. The number of carbonyl (C=O) groups excluding carboxylic acids is 8. The topological polar surface area (TPSA) is 325 Å². The first kappa shape index (κ1) is 51.2. The number of rotatable bonds is 26. The van der Waals surface area contributed by atoms with Gasteiger partial charge in [-0.3, -0.25) is 38.4 Å². The molecule has 0 bridgehead atoms. The molecule has 20 nitrogen and oxygen atoms in total. The van der Waals surface area contributed by atoms with Gasteiger partial charge in [-0.1, -0.05) is 49.7 Å². The molecule has 61 heavy (non-hydrogen) atoms. The molecule has 0 aliphatic heterocycles. The van der Waals surface area contributed by atoms with E-state index in [4.69, 9.17) is 21.5 Å². The predicted molar refractivity (Wildman–Crippen MR) is 225 cm³/mol. The molecule has 0 heterocycles. The van der Waals surface area contributed by atoms with Crippen LogP contribution in [0.25, 0.3) is 11.1 Å². The fourth-order valence-electron chi connectivity index (χ4n) is 5.87. The predicted octanol–water partition coefficient (Wildman–Crippen LogP) is -2.64. The number of aliphatic hydroxyl groups is 1. The summed E-state index contributed by atoms with van der Waals surface area (Å²) in [5, 5.41) is 42.0. The molecule has 2 rings (SSSR count). The van der Waals surface area contributed by atoms with E-state index in [-0.39, 0.29) is 12.0 Å². The lowest BCUT2D eigenvalue weighted by Crippen LogP contribution is -2.57. The molecule has 8 amide bonds. The molecule has 0 aromatic heterocycles. The second-order valence-electron chi connectivity index (χ2n) is 14.5. The summed E-state index contributed by atoms with van der Waals surface area (Å²) in [4.78, 5) is 103. The normalized spacial score (nSPS) is 13.2. The fraction of sp³-hybridized carbons (Fsp3) is 0.500. The number of carbonyl (C=O) groups is 8. The van der Waals surface area contributed by atoms with Crippen LogP contribution in [0.4, 0.5) is 0 Å². The summed E-state index contributed by atoms with van der Waals surface area (Å²) < 4.78 is 0. The first-order valence-electron chi connectivity index (χ1n) is 20.1. The van der Waals surface area contributed by atoms with Gasteiger partial charge in [0, 0.05) is 12.6 Å². The Morgan fingerprint density at radius 3 is 1.87 bits per heavy atom. The molecule has 21 heteroatoms. The number of unbranched alkanes of at least 4 members (excludes halogenated alkanes) is 2. The summed E-state index contributed by atoms with van der Waals surface area (Å²) in [5.41, 5.74) is 14.1. The Bertz CT molecular complexity index is 1800. The number of aliphatic hydroxyl groups excluding tert-OH is 1. The van der Waals surface area contributed by atoms with E-state index in [1.807, 2.05) is 12.1 Å². The Balaban J connectivity index is 1.98. The van der Waals surface area contributed by atoms with Crippen LogP contribution in [0, 0.1) is 0 Å². The Morgan fingerprint density at radius 1 is 0.721 bits per heavy atom. The number of benzene rings is 2. The standard InChI is InChI=1S/C40H60BN9O11/c1-5-6-9-26-11-13-27(14-12-26)28-15-17-29(18-16-28)37(56)49-31(22-51)39(58)46-24(2)35(54)44-21-34(53)50(4)32(10-7-8-19-42)40(59)47-25(3)36(55)48-30(20-33(43)52)38(57)45-23-41(60)61/h11-18,24-25,30-32,51,60-61H,5-10,19-23,42H2,1-4H3,(H2,43,52)(H,44,54)(H,45,57)(H,46,58)(H,47,59)(H,48,55)(H,49,56)/t24-,25+,30?,31-,32?/m1/s1. The van der Waals surface area contributed by atoms with E-state index in [1.165, 1.54) is 26.5 Å². The van der Waals surface area contributed by atoms with E-state index in [0.717, 1.165) is 35.3 Å². The quantitative estimate of drug-likeness (QED) is 0.0342. The van der Waals surface area contributed by atoms with Crippen molar-refractivity contribution < 1.29 is 53.5 Å². The van der Waals surface area contributed by atoms with Crippen LogP contribution < -0.4 is 43.4 Å². The number of nitrogens with two attached hydrogens (primary N) is 2. The molecule has 5 atom stereocenters. The molecule has 2 aromatic carbocycles. The van der Waals surface area contributed by atoms with Crippen molar-refractivity contribution in [3.8, 4) is 11.1 Å². The minimum Gasteiger partial charge on any atom is -0.426 e.